The lowest BCUT2D eigenvalue weighted by Gasteiger charge is -2.04. The zero-order chi connectivity index (χ0) is 9.28. The van der Waals surface area contributed by atoms with E-state index < -0.39 is 8.53 Å². The zero-order valence-corrected chi connectivity index (χ0v) is 7.75. The van der Waals surface area contributed by atoms with Gasteiger partial charge in [-0.05, 0) is 13.5 Å². The molecule has 0 heterocycles. The van der Waals surface area contributed by atoms with Gasteiger partial charge in [0.1, 0.15) is 6.23 Å². The molecule has 0 aromatic rings. The second kappa shape index (κ2) is 10.2. The molecule has 0 bridgehead atoms. The lowest BCUT2D eigenvalue weighted by molar-refractivity contribution is 0.136. The van der Waals surface area contributed by atoms with Crippen LogP contribution in [0, 0.1) is 0 Å². The van der Waals surface area contributed by atoms with Crippen molar-refractivity contribution in [2.45, 2.75) is 26.0 Å². The third-order valence-electron chi connectivity index (χ3n) is 0.895. The maximum atomic E-state index is 8.75. The van der Waals surface area contributed by atoms with Gasteiger partial charge < -0.3 is 14.9 Å². The summed E-state index contributed by atoms with van der Waals surface area (Å²) in [5.41, 5.74) is 4.29. The van der Waals surface area contributed by atoms with Crippen molar-refractivity contribution < 1.29 is 14.9 Å². The molecule has 0 saturated heterocycles. The average Bonchev–Trinajstić information content (AvgIpc) is 1.87. The summed E-state index contributed by atoms with van der Waals surface area (Å²) in [5.74, 6) is 0. The predicted octanol–water partition coefficient (Wildman–Crippen LogP) is -0.519. The monoisotopic (exact) mass is 184 g/mol. The van der Waals surface area contributed by atoms with Crippen LogP contribution < -0.4 is 10.8 Å². The SMILES string of the molecule is CCCC(O)NC.NP(O)O. The van der Waals surface area contributed by atoms with Gasteiger partial charge in [-0.2, -0.15) is 0 Å². The average molecular weight is 184 g/mol. The fourth-order valence-corrected chi connectivity index (χ4v) is 0.418. The number of nitrogens with one attached hydrogen (secondary N) is 1. The topological polar surface area (TPSA) is 98.7 Å². The molecule has 6 heteroatoms. The second-order valence-corrected chi connectivity index (χ2v) is 2.55. The first-order valence-electron chi connectivity index (χ1n) is 3.32. The molecule has 0 amide bonds. The number of nitrogens with two attached hydrogens (primary N) is 1. The summed E-state index contributed by atoms with van der Waals surface area (Å²) in [4.78, 5) is 14.9. The minimum atomic E-state index is -2.12. The first-order valence-corrected chi connectivity index (χ1v) is 4.64. The van der Waals surface area contributed by atoms with Crippen LogP contribution in [0.2, 0.25) is 0 Å². The molecular formula is C5H17N2O3P. The van der Waals surface area contributed by atoms with Crippen LogP contribution in [0.5, 0.6) is 0 Å². The van der Waals surface area contributed by atoms with E-state index in [1.165, 1.54) is 0 Å². The van der Waals surface area contributed by atoms with Gasteiger partial charge in [-0.3, -0.25) is 10.8 Å². The molecule has 5 nitrogen and oxygen atoms in total. The summed E-state index contributed by atoms with van der Waals surface area (Å²) in [6.07, 6.45) is 1.57. The van der Waals surface area contributed by atoms with Crippen LogP contribution in [0.25, 0.3) is 0 Å². The first-order chi connectivity index (χ1) is 5.04. The van der Waals surface area contributed by atoms with Crippen molar-refractivity contribution in [3.05, 3.63) is 0 Å². The third kappa shape index (κ3) is 25.3. The van der Waals surface area contributed by atoms with E-state index in [0.717, 1.165) is 12.8 Å². The zero-order valence-electron chi connectivity index (χ0n) is 6.86. The van der Waals surface area contributed by atoms with Gasteiger partial charge in [-0.1, -0.05) is 13.3 Å². The van der Waals surface area contributed by atoms with E-state index in [1.807, 2.05) is 6.92 Å². The van der Waals surface area contributed by atoms with E-state index in [9.17, 15) is 0 Å². The Balaban J connectivity index is 0. The summed E-state index contributed by atoms with van der Waals surface area (Å²) < 4.78 is 0. The molecule has 0 radical (unpaired) electrons. The van der Waals surface area contributed by atoms with E-state index in [4.69, 9.17) is 14.9 Å². The molecule has 0 aliphatic heterocycles. The fourth-order valence-electron chi connectivity index (χ4n) is 0.418. The van der Waals surface area contributed by atoms with Crippen LogP contribution >= 0.6 is 8.53 Å². The van der Waals surface area contributed by atoms with Crippen LogP contribution in [0.4, 0.5) is 0 Å². The number of hydrogen-bond acceptors (Lipinski definition) is 5. The standard InChI is InChI=1S/C5H13NO.H4NO2P/c1-3-4-5(7)6-2;1-4(2)3/h5-7H,3-4H2,1-2H3;2-3H,1H2. The maximum absolute atomic E-state index is 8.75. The summed E-state index contributed by atoms with van der Waals surface area (Å²) in [7, 11) is -0.370. The molecule has 0 aliphatic rings. The number of hydrogen-bond donors (Lipinski definition) is 5. The van der Waals surface area contributed by atoms with Gasteiger partial charge in [0, 0.05) is 0 Å². The van der Waals surface area contributed by atoms with Crippen LogP contribution in [0.1, 0.15) is 19.8 Å². The maximum Gasteiger partial charge on any atom is 0.247 e. The Kier molecular flexibility index (Phi) is 12.8. The van der Waals surface area contributed by atoms with Crippen LogP contribution in [-0.4, -0.2) is 28.2 Å². The Morgan fingerprint density at radius 1 is 1.55 bits per heavy atom. The minimum Gasteiger partial charge on any atom is -0.379 e. The summed E-state index contributed by atoms with van der Waals surface area (Å²) in [6, 6.07) is 0. The summed E-state index contributed by atoms with van der Waals surface area (Å²) in [5, 5.41) is 11.5. The Bertz CT molecular complexity index is 72.0. The molecule has 0 rings (SSSR count). The van der Waals surface area contributed by atoms with E-state index in [1.54, 1.807) is 7.05 Å². The van der Waals surface area contributed by atoms with Gasteiger partial charge >= 0.3 is 0 Å². The van der Waals surface area contributed by atoms with Crippen molar-refractivity contribution in [2.24, 2.45) is 5.50 Å². The highest BCUT2D eigenvalue weighted by molar-refractivity contribution is 7.42. The van der Waals surface area contributed by atoms with Gasteiger partial charge in [-0.15, -0.1) is 0 Å². The Labute approximate surface area is 68.2 Å². The highest BCUT2D eigenvalue weighted by Gasteiger charge is 1.93. The van der Waals surface area contributed by atoms with Crippen molar-refractivity contribution >= 4 is 8.53 Å². The normalized spacial score (nSPS) is 12.3. The summed E-state index contributed by atoms with van der Waals surface area (Å²) >= 11 is 0. The lowest BCUT2D eigenvalue weighted by atomic mass is 10.3. The van der Waals surface area contributed by atoms with Gasteiger partial charge in [-0.25, -0.2) is 0 Å². The Morgan fingerprint density at radius 2 is 1.91 bits per heavy atom. The molecule has 0 spiro atoms. The van der Waals surface area contributed by atoms with Crippen molar-refractivity contribution in [3.63, 3.8) is 0 Å². The van der Waals surface area contributed by atoms with Crippen molar-refractivity contribution in [1.29, 1.82) is 0 Å². The molecule has 0 aromatic carbocycles. The predicted molar refractivity (Wildman–Crippen MR) is 45.5 cm³/mol. The van der Waals surface area contributed by atoms with E-state index in [0.29, 0.717) is 0 Å². The molecule has 1 unspecified atom stereocenters. The Hall–Kier alpha value is 0.230. The Morgan fingerprint density at radius 3 is 2.00 bits per heavy atom. The highest BCUT2D eigenvalue weighted by atomic mass is 31.2. The quantitative estimate of drug-likeness (QED) is 0.300. The molecule has 11 heavy (non-hydrogen) atoms. The van der Waals surface area contributed by atoms with Gasteiger partial charge in [0.15, 0.2) is 0 Å². The second-order valence-electron chi connectivity index (χ2n) is 1.91. The number of aliphatic hydroxyl groups is 1. The molecule has 0 aromatic heterocycles. The van der Waals surface area contributed by atoms with Crippen LogP contribution in [0.15, 0.2) is 0 Å². The van der Waals surface area contributed by atoms with Crippen LogP contribution in [-0.2, 0) is 0 Å². The van der Waals surface area contributed by atoms with Gasteiger partial charge in [0.25, 0.3) is 0 Å². The van der Waals surface area contributed by atoms with Crippen molar-refractivity contribution in [1.82, 2.24) is 5.32 Å². The molecule has 70 valence electrons. The first kappa shape index (κ1) is 13.8. The van der Waals surface area contributed by atoms with E-state index in [-0.39, 0.29) is 6.23 Å². The van der Waals surface area contributed by atoms with Crippen LogP contribution in [0.3, 0.4) is 0 Å². The van der Waals surface area contributed by atoms with Crippen molar-refractivity contribution in [2.75, 3.05) is 7.05 Å². The third-order valence-corrected chi connectivity index (χ3v) is 0.895. The van der Waals surface area contributed by atoms with E-state index in [2.05, 4.69) is 10.8 Å². The number of aliphatic hydroxyl groups excluding tert-OH is 1. The fraction of sp³-hybridized carbons (Fsp3) is 1.00. The smallest absolute Gasteiger partial charge is 0.247 e. The molecule has 6 N–H and O–H groups in total. The van der Waals surface area contributed by atoms with E-state index >= 15 is 0 Å². The molecule has 0 fully saturated rings. The highest BCUT2D eigenvalue weighted by Crippen LogP contribution is 2.05. The minimum absolute atomic E-state index is 0.301. The molecule has 1 atom stereocenters. The van der Waals surface area contributed by atoms with Gasteiger partial charge in [0.05, 0.1) is 0 Å². The van der Waals surface area contributed by atoms with Gasteiger partial charge in [0.2, 0.25) is 8.53 Å². The summed E-state index contributed by atoms with van der Waals surface area (Å²) in [6.45, 7) is 2.04. The molecular weight excluding hydrogens is 167 g/mol. The number of rotatable bonds is 3. The molecule has 0 saturated carbocycles. The molecule has 0 aliphatic carbocycles. The lowest BCUT2D eigenvalue weighted by Crippen LogP contribution is -2.23. The van der Waals surface area contributed by atoms with Crippen molar-refractivity contribution in [3.8, 4) is 0 Å². The largest absolute Gasteiger partial charge is 0.379 e.